The lowest BCUT2D eigenvalue weighted by Gasteiger charge is -2.23. The molecule has 6 nitrogen and oxygen atoms in total. The number of pyridine rings is 1. The van der Waals surface area contributed by atoms with Crippen LogP contribution >= 0.6 is 22.6 Å². The molecule has 2 heterocycles. The zero-order valence-corrected chi connectivity index (χ0v) is 19.9. The number of sulfone groups is 1. The molecule has 0 unspecified atom stereocenters. The number of aromatic nitrogens is 2. The van der Waals surface area contributed by atoms with Gasteiger partial charge in [0.25, 0.3) is 0 Å². The lowest BCUT2D eigenvalue weighted by Crippen LogP contribution is -2.29. The van der Waals surface area contributed by atoms with Gasteiger partial charge in [0.1, 0.15) is 26.1 Å². The predicted molar refractivity (Wildman–Crippen MR) is 121 cm³/mol. The van der Waals surface area contributed by atoms with Crippen molar-refractivity contribution in [1.29, 1.82) is 0 Å². The molecule has 0 amide bonds. The minimum absolute atomic E-state index is 0.156. The van der Waals surface area contributed by atoms with Crippen LogP contribution in [-0.2, 0) is 21.2 Å². The zero-order valence-electron chi connectivity index (χ0n) is 16.9. The molecule has 0 bridgehead atoms. The molecule has 29 heavy (non-hydrogen) atoms. The maximum Gasteiger partial charge on any atom is 0.188 e. The number of fused-ring (bicyclic) bond motifs is 1. The van der Waals surface area contributed by atoms with E-state index < -0.39 is 14.6 Å². The molecule has 1 aromatic carbocycles. The van der Waals surface area contributed by atoms with E-state index in [0.29, 0.717) is 24.6 Å². The smallest absolute Gasteiger partial charge is 0.188 e. The molecule has 0 N–H and O–H groups in total. The summed E-state index contributed by atoms with van der Waals surface area (Å²) in [5.41, 5.74) is 1.71. The van der Waals surface area contributed by atoms with Crippen LogP contribution in [0.4, 0.5) is 0 Å². The van der Waals surface area contributed by atoms with Crippen LogP contribution in [0.3, 0.4) is 0 Å². The minimum atomic E-state index is -3.62. The summed E-state index contributed by atoms with van der Waals surface area (Å²) in [5, 5.41) is 0. The summed E-state index contributed by atoms with van der Waals surface area (Å²) >= 11 is 2.12. The largest absolute Gasteiger partial charge is 0.487 e. The Balaban J connectivity index is 1.84. The van der Waals surface area contributed by atoms with Gasteiger partial charge in [0.15, 0.2) is 9.84 Å². The van der Waals surface area contributed by atoms with Crippen LogP contribution in [-0.4, -0.2) is 35.3 Å². The Labute approximate surface area is 185 Å². The van der Waals surface area contributed by atoms with E-state index in [1.165, 1.54) is 0 Å². The molecule has 1 atom stereocenters. The average molecular weight is 528 g/mol. The monoisotopic (exact) mass is 528 g/mol. The summed E-state index contributed by atoms with van der Waals surface area (Å²) in [4.78, 5) is 4.48. The van der Waals surface area contributed by atoms with Gasteiger partial charge in [-0.25, -0.2) is 13.4 Å². The second-order valence-corrected chi connectivity index (χ2v) is 11.6. The highest BCUT2D eigenvalue weighted by molar-refractivity contribution is 14.1. The second-order valence-electron chi connectivity index (χ2n) is 7.86. The molecule has 0 radical (unpaired) electrons. The molecule has 2 aromatic heterocycles. The van der Waals surface area contributed by atoms with Crippen LogP contribution < -0.4 is 4.74 Å². The number of benzene rings is 1. The zero-order chi connectivity index (χ0) is 21.2. The lowest BCUT2D eigenvalue weighted by molar-refractivity contribution is 0.0480. The van der Waals surface area contributed by atoms with E-state index in [-0.39, 0.29) is 11.0 Å². The average Bonchev–Trinajstić information content (AvgIpc) is 3.01. The number of nitrogens with zero attached hydrogens (tertiary/aromatic N) is 2. The first kappa shape index (κ1) is 22.0. The van der Waals surface area contributed by atoms with Gasteiger partial charge in [-0.05, 0) is 55.8 Å². The van der Waals surface area contributed by atoms with Crippen LogP contribution in [0.15, 0.2) is 53.7 Å². The molecule has 8 heteroatoms. The number of ether oxygens (including phenoxy) is 2. The van der Waals surface area contributed by atoms with Gasteiger partial charge in [0.2, 0.25) is 0 Å². The Kier molecular flexibility index (Phi) is 6.54. The van der Waals surface area contributed by atoms with Crippen molar-refractivity contribution in [2.24, 2.45) is 0 Å². The van der Waals surface area contributed by atoms with Gasteiger partial charge in [-0.1, -0.05) is 30.3 Å². The standard InChI is InChI=1S/C21H25IN2O4S/c1-15(13-27-14-16-8-6-5-7-9-16)28-17-10-20-23-11-19(22)24(20)12-18(17)29(25,26)21(2,3)4/h5-12,15H,13-14H2,1-4H3/t15-/m1/s1. The van der Waals surface area contributed by atoms with Gasteiger partial charge in [-0.3, -0.25) is 4.40 Å². The predicted octanol–water partition coefficient (Wildman–Crippen LogP) is 4.50. The second kappa shape index (κ2) is 8.61. The number of hydrogen-bond acceptors (Lipinski definition) is 5. The fourth-order valence-electron chi connectivity index (χ4n) is 2.75. The number of halogens is 1. The first-order valence-corrected chi connectivity index (χ1v) is 11.9. The Bertz CT molecular complexity index is 1090. The maximum absolute atomic E-state index is 13.2. The first-order valence-electron chi connectivity index (χ1n) is 9.29. The lowest BCUT2D eigenvalue weighted by atomic mass is 10.2. The van der Waals surface area contributed by atoms with Crippen LogP contribution in [0, 0.1) is 3.70 Å². The SMILES string of the molecule is C[C@H](COCc1ccccc1)Oc1cc2ncc(I)n2cc1S(=O)(=O)C(C)(C)C. The van der Waals surface area contributed by atoms with Gasteiger partial charge in [-0.2, -0.15) is 0 Å². The fourth-order valence-corrected chi connectivity index (χ4v) is 4.55. The van der Waals surface area contributed by atoms with Gasteiger partial charge in [0.05, 0.1) is 24.2 Å². The van der Waals surface area contributed by atoms with E-state index in [1.807, 2.05) is 37.3 Å². The Morgan fingerprint density at radius 2 is 1.90 bits per heavy atom. The van der Waals surface area contributed by atoms with Crippen molar-refractivity contribution < 1.29 is 17.9 Å². The molecule has 0 aliphatic rings. The number of hydrogen-bond donors (Lipinski definition) is 0. The molecular weight excluding hydrogens is 503 g/mol. The molecule has 0 aliphatic carbocycles. The van der Waals surface area contributed by atoms with Crippen LogP contribution in [0.1, 0.15) is 33.3 Å². The highest BCUT2D eigenvalue weighted by Gasteiger charge is 2.34. The normalized spacial score (nSPS) is 13.6. The van der Waals surface area contributed by atoms with Crippen LogP contribution in [0.5, 0.6) is 5.75 Å². The van der Waals surface area contributed by atoms with E-state index in [4.69, 9.17) is 9.47 Å². The summed E-state index contributed by atoms with van der Waals surface area (Å²) < 4.78 is 39.8. The molecule has 0 saturated heterocycles. The molecule has 0 spiro atoms. The summed E-state index contributed by atoms with van der Waals surface area (Å²) in [6.45, 7) is 7.71. The fraction of sp³-hybridized carbons (Fsp3) is 0.381. The topological polar surface area (TPSA) is 69.9 Å². The summed E-state index contributed by atoms with van der Waals surface area (Å²) in [5.74, 6) is 0.297. The Morgan fingerprint density at radius 1 is 1.21 bits per heavy atom. The van der Waals surface area contributed by atoms with Gasteiger partial charge in [-0.15, -0.1) is 0 Å². The van der Waals surface area contributed by atoms with Crippen LogP contribution in [0.25, 0.3) is 5.65 Å². The third-order valence-corrected chi connectivity index (χ3v) is 7.71. The molecule has 0 aliphatic heterocycles. The minimum Gasteiger partial charge on any atom is -0.487 e. The highest BCUT2D eigenvalue weighted by atomic mass is 127. The van der Waals surface area contributed by atoms with E-state index >= 15 is 0 Å². The van der Waals surface area contributed by atoms with E-state index in [0.717, 1.165) is 9.26 Å². The molecular formula is C21H25IN2O4S. The third-order valence-electron chi connectivity index (χ3n) is 4.42. The summed E-state index contributed by atoms with van der Waals surface area (Å²) in [6, 6.07) is 11.5. The molecule has 156 valence electrons. The highest BCUT2D eigenvalue weighted by Crippen LogP contribution is 2.34. The van der Waals surface area contributed by atoms with Crippen molar-refractivity contribution in [1.82, 2.24) is 9.38 Å². The Morgan fingerprint density at radius 3 is 2.55 bits per heavy atom. The van der Waals surface area contributed by atoms with Gasteiger partial charge >= 0.3 is 0 Å². The van der Waals surface area contributed by atoms with Crippen molar-refractivity contribution in [2.75, 3.05) is 6.61 Å². The van der Waals surface area contributed by atoms with E-state index in [1.54, 1.807) is 43.6 Å². The summed E-state index contributed by atoms with van der Waals surface area (Å²) in [7, 11) is -3.62. The Hall–Kier alpha value is -1.65. The molecule has 0 saturated carbocycles. The first-order chi connectivity index (χ1) is 13.6. The maximum atomic E-state index is 13.2. The van der Waals surface area contributed by atoms with Crippen molar-refractivity contribution in [3.63, 3.8) is 0 Å². The molecule has 3 rings (SSSR count). The van der Waals surface area contributed by atoms with Crippen molar-refractivity contribution in [3.8, 4) is 5.75 Å². The molecule has 0 fully saturated rings. The van der Waals surface area contributed by atoms with Crippen molar-refractivity contribution in [2.45, 2.75) is 50.0 Å². The quantitative estimate of drug-likeness (QED) is 0.423. The van der Waals surface area contributed by atoms with Crippen molar-refractivity contribution in [3.05, 3.63) is 58.1 Å². The van der Waals surface area contributed by atoms with E-state index in [9.17, 15) is 8.42 Å². The van der Waals surface area contributed by atoms with Crippen molar-refractivity contribution >= 4 is 38.1 Å². The summed E-state index contributed by atoms with van der Waals surface area (Å²) in [6.07, 6.45) is 2.96. The van der Waals surface area contributed by atoms with Gasteiger partial charge in [0, 0.05) is 12.3 Å². The number of imidazole rings is 1. The van der Waals surface area contributed by atoms with Gasteiger partial charge < -0.3 is 9.47 Å². The van der Waals surface area contributed by atoms with E-state index in [2.05, 4.69) is 27.6 Å². The molecule has 3 aromatic rings. The third kappa shape index (κ3) is 4.92. The van der Waals surface area contributed by atoms with Crippen LogP contribution in [0.2, 0.25) is 0 Å². The number of rotatable bonds is 7.